The molecule has 0 unspecified atom stereocenters. The summed E-state index contributed by atoms with van der Waals surface area (Å²) < 4.78 is 34.8. The molecule has 1 aliphatic rings. The average molecular weight is 634 g/mol. The van der Waals surface area contributed by atoms with Crippen LogP contribution in [0.15, 0.2) is 65.2 Å². The van der Waals surface area contributed by atoms with Gasteiger partial charge in [-0.3, -0.25) is 18.3 Å². The molecule has 1 fully saturated rings. The number of likely N-dealkylation sites (tertiary alicyclic amines) is 1. The Morgan fingerprint density at radius 3 is 2.57 bits per heavy atom. The Balaban J connectivity index is 1.46. The maximum Gasteiger partial charge on any atom is 0.274 e. The number of carbonyl (C=O) groups excluding carboxylic acids is 2. The SMILES string of the molecule is CNC(=O)c1c(-c2ccc(C)cc2)oc2cc(N(C)S(C)(=O)=O)c([C@H]3CCCN(C(=O)c4cn5c(Cl)cccc5n4)C3)cc12. The van der Waals surface area contributed by atoms with Crippen LogP contribution in [0, 0.1) is 6.92 Å². The van der Waals surface area contributed by atoms with Crippen LogP contribution >= 0.6 is 11.6 Å². The number of aryl methyl sites for hydroxylation is 1. The van der Waals surface area contributed by atoms with Crippen molar-refractivity contribution >= 4 is 55.7 Å². The third-order valence-corrected chi connectivity index (χ3v) is 9.75. The van der Waals surface area contributed by atoms with Crippen LogP contribution in [-0.4, -0.2) is 68.0 Å². The van der Waals surface area contributed by atoms with Gasteiger partial charge >= 0.3 is 0 Å². The van der Waals surface area contributed by atoms with Crippen molar-refractivity contribution < 1.29 is 22.4 Å². The van der Waals surface area contributed by atoms with Crippen molar-refractivity contribution in [3.63, 3.8) is 0 Å². The van der Waals surface area contributed by atoms with Crippen LogP contribution in [0.2, 0.25) is 5.15 Å². The van der Waals surface area contributed by atoms with Gasteiger partial charge < -0.3 is 14.6 Å². The van der Waals surface area contributed by atoms with Gasteiger partial charge in [-0.05, 0) is 43.5 Å². The summed E-state index contributed by atoms with van der Waals surface area (Å²) in [6, 6.07) is 16.5. The Labute approximate surface area is 260 Å². The largest absolute Gasteiger partial charge is 0.455 e. The summed E-state index contributed by atoms with van der Waals surface area (Å²) in [5.41, 5.74) is 4.55. The third kappa shape index (κ3) is 5.30. The molecule has 0 spiro atoms. The molecule has 44 heavy (non-hydrogen) atoms. The maximum absolute atomic E-state index is 13.6. The number of imidazole rings is 1. The van der Waals surface area contributed by atoms with Gasteiger partial charge in [-0.15, -0.1) is 0 Å². The van der Waals surface area contributed by atoms with Gasteiger partial charge in [0.1, 0.15) is 27.8 Å². The number of hydrogen-bond donors (Lipinski definition) is 1. The number of nitrogens with one attached hydrogen (secondary N) is 1. The van der Waals surface area contributed by atoms with E-state index < -0.39 is 10.0 Å². The molecular weight excluding hydrogens is 602 g/mol. The average Bonchev–Trinajstić information content (AvgIpc) is 3.62. The molecule has 228 valence electrons. The number of anilines is 1. The van der Waals surface area contributed by atoms with E-state index in [0.717, 1.165) is 23.8 Å². The fraction of sp³-hybridized carbons (Fsp3) is 0.281. The van der Waals surface area contributed by atoms with E-state index in [1.165, 1.54) is 11.4 Å². The number of amides is 2. The van der Waals surface area contributed by atoms with Crippen molar-refractivity contribution in [2.24, 2.45) is 0 Å². The number of benzene rings is 2. The van der Waals surface area contributed by atoms with Crippen molar-refractivity contribution in [3.8, 4) is 11.3 Å². The summed E-state index contributed by atoms with van der Waals surface area (Å²) in [6.07, 6.45) is 4.19. The molecule has 5 aromatic rings. The molecule has 0 bridgehead atoms. The van der Waals surface area contributed by atoms with Gasteiger partial charge in [0.15, 0.2) is 0 Å². The highest BCUT2D eigenvalue weighted by Gasteiger charge is 2.32. The number of furan rings is 1. The topological polar surface area (TPSA) is 117 Å². The minimum Gasteiger partial charge on any atom is -0.455 e. The Morgan fingerprint density at radius 2 is 1.89 bits per heavy atom. The van der Waals surface area contributed by atoms with E-state index >= 15 is 0 Å². The first-order valence-electron chi connectivity index (χ1n) is 14.2. The highest BCUT2D eigenvalue weighted by Crippen LogP contribution is 2.42. The molecule has 1 N–H and O–H groups in total. The van der Waals surface area contributed by atoms with Crippen LogP contribution in [0.4, 0.5) is 5.69 Å². The van der Waals surface area contributed by atoms with Crippen LogP contribution < -0.4 is 9.62 Å². The predicted molar refractivity (Wildman–Crippen MR) is 171 cm³/mol. The zero-order valence-corrected chi connectivity index (χ0v) is 26.4. The van der Waals surface area contributed by atoms with Crippen molar-refractivity contribution in [1.29, 1.82) is 0 Å². The number of aromatic nitrogens is 2. The smallest absolute Gasteiger partial charge is 0.274 e. The van der Waals surface area contributed by atoms with Gasteiger partial charge in [0, 0.05) is 56.3 Å². The van der Waals surface area contributed by atoms with Crippen molar-refractivity contribution in [3.05, 3.63) is 88.3 Å². The molecular formula is C32H32ClN5O5S. The number of halogens is 1. The van der Waals surface area contributed by atoms with E-state index in [9.17, 15) is 18.0 Å². The molecule has 1 atom stereocenters. The van der Waals surface area contributed by atoms with Crippen LogP contribution in [-0.2, 0) is 10.0 Å². The first kappa shape index (κ1) is 29.7. The summed E-state index contributed by atoms with van der Waals surface area (Å²) in [4.78, 5) is 33.1. The van der Waals surface area contributed by atoms with Crippen LogP contribution in [0.3, 0.4) is 0 Å². The van der Waals surface area contributed by atoms with E-state index in [-0.39, 0.29) is 23.4 Å². The molecule has 10 nitrogen and oxygen atoms in total. The molecule has 0 saturated carbocycles. The lowest BCUT2D eigenvalue weighted by Crippen LogP contribution is -2.39. The molecule has 12 heteroatoms. The van der Waals surface area contributed by atoms with E-state index in [1.54, 1.807) is 46.8 Å². The van der Waals surface area contributed by atoms with Gasteiger partial charge in [0.2, 0.25) is 10.0 Å². The monoisotopic (exact) mass is 633 g/mol. The van der Waals surface area contributed by atoms with Crippen molar-refractivity contribution in [2.45, 2.75) is 25.7 Å². The number of carbonyl (C=O) groups is 2. The first-order chi connectivity index (χ1) is 21.0. The zero-order chi connectivity index (χ0) is 31.3. The highest BCUT2D eigenvalue weighted by molar-refractivity contribution is 7.92. The Bertz CT molecular complexity index is 2030. The fourth-order valence-corrected chi connectivity index (χ4v) is 6.57. The molecule has 1 aliphatic heterocycles. The van der Waals surface area contributed by atoms with Gasteiger partial charge in [-0.1, -0.05) is 47.5 Å². The van der Waals surface area contributed by atoms with Gasteiger partial charge in [0.05, 0.1) is 17.5 Å². The zero-order valence-electron chi connectivity index (χ0n) is 24.8. The lowest BCUT2D eigenvalue weighted by atomic mass is 9.88. The van der Waals surface area contributed by atoms with Crippen LogP contribution in [0.1, 0.15) is 50.7 Å². The summed E-state index contributed by atoms with van der Waals surface area (Å²) >= 11 is 6.30. The van der Waals surface area contributed by atoms with Crippen molar-refractivity contribution in [2.75, 3.05) is 37.7 Å². The second-order valence-electron chi connectivity index (χ2n) is 11.2. The molecule has 4 heterocycles. The number of sulfonamides is 1. The molecule has 0 radical (unpaired) electrons. The van der Waals surface area contributed by atoms with E-state index in [2.05, 4.69) is 10.3 Å². The highest BCUT2D eigenvalue weighted by atomic mass is 35.5. The molecule has 1 saturated heterocycles. The summed E-state index contributed by atoms with van der Waals surface area (Å²) in [5.74, 6) is -0.368. The summed E-state index contributed by atoms with van der Waals surface area (Å²) in [5, 5.41) is 3.74. The number of nitrogens with zero attached hydrogens (tertiary/aromatic N) is 4. The number of fused-ring (bicyclic) bond motifs is 2. The molecule has 2 aromatic carbocycles. The molecule has 2 amide bonds. The first-order valence-corrected chi connectivity index (χ1v) is 16.4. The lowest BCUT2D eigenvalue weighted by Gasteiger charge is -2.34. The van der Waals surface area contributed by atoms with Gasteiger partial charge in [-0.25, -0.2) is 13.4 Å². The normalized spacial score (nSPS) is 15.6. The van der Waals surface area contributed by atoms with E-state index in [0.29, 0.717) is 63.9 Å². The second kappa shape index (κ2) is 11.3. The van der Waals surface area contributed by atoms with Crippen molar-refractivity contribution in [1.82, 2.24) is 19.6 Å². The van der Waals surface area contributed by atoms with Crippen LogP contribution in [0.25, 0.3) is 27.9 Å². The number of pyridine rings is 1. The quantitative estimate of drug-likeness (QED) is 0.247. The molecule has 0 aliphatic carbocycles. The van der Waals surface area contributed by atoms with E-state index in [1.807, 2.05) is 37.3 Å². The molecule has 3 aromatic heterocycles. The summed E-state index contributed by atoms with van der Waals surface area (Å²) in [6.45, 7) is 2.85. The second-order valence-corrected chi connectivity index (χ2v) is 13.6. The predicted octanol–water partition coefficient (Wildman–Crippen LogP) is 5.48. The third-order valence-electron chi connectivity index (χ3n) is 8.25. The Hall–Kier alpha value is -4.35. The van der Waals surface area contributed by atoms with E-state index in [4.69, 9.17) is 16.0 Å². The Kier molecular flexibility index (Phi) is 7.63. The minimum atomic E-state index is -3.65. The number of rotatable bonds is 6. The Morgan fingerprint density at radius 1 is 1.14 bits per heavy atom. The molecule has 6 rings (SSSR count). The fourth-order valence-electron chi connectivity index (χ4n) is 5.84. The maximum atomic E-state index is 13.6. The standard InChI is InChI=1S/C32H32ClN5O5S/c1-19-10-12-20(13-11-19)30-29(31(39)34-2)23-15-22(25(16-26(23)43-30)36(3)44(4,41)42)21-7-6-14-37(17-21)32(40)24-18-38-27(33)8-5-9-28(38)35-24/h5,8-13,15-16,18,21H,6-7,14,17H2,1-4H3,(H,34,39)/t21-/m0/s1. The van der Waals surface area contributed by atoms with Gasteiger partial charge in [-0.2, -0.15) is 0 Å². The van der Waals surface area contributed by atoms with Crippen LogP contribution in [0.5, 0.6) is 0 Å². The van der Waals surface area contributed by atoms with Gasteiger partial charge in [0.25, 0.3) is 11.8 Å². The number of hydrogen-bond acceptors (Lipinski definition) is 6. The lowest BCUT2D eigenvalue weighted by molar-refractivity contribution is 0.0702. The summed E-state index contributed by atoms with van der Waals surface area (Å²) in [7, 11) is -0.597. The minimum absolute atomic E-state index is 0.216. The number of piperidine rings is 1.